The number of amides is 1. The van der Waals surface area contributed by atoms with Gasteiger partial charge in [-0.2, -0.15) is 5.10 Å². The average molecular weight is 333 g/mol. The van der Waals surface area contributed by atoms with Crippen molar-refractivity contribution in [1.29, 1.82) is 0 Å². The molecule has 1 amide bonds. The molecular weight excluding hydrogens is 306 g/mol. The Hall–Kier alpha value is -1.43. The Morgan fingerprint density at radius 1 is 1.21 bits per heavy atom. The summed E-state index contributed by atoms with van der Waals surface area (Å²) >= 11 is 0. The predicted octanol–water partition coefficient (Wildman–Crippen LogP) is 1.25. The third-order valence-corrected chi connectivity index (χ3v) is 6.46. The second kappa shape index (κ2) is 6.14. The van der Waals surface area contributed by atoms with Gasteiger partial charge in [0.15, 0.2) is 5.78 Å². The molecule has 4 aliphatic carbocycles. The van der Waals surface area contributed by atoms with Crippen LogP contribution >= 0.6 is 0 Å². The number of hydrazone groups is 1. The number of carbonyl (C=O) groups excluding carboxylic acids is 2. The lowest BCUT2D eigenvalue weighted by Gasteiger charge is -2.55. The summed E-state index contributed by atoms with van der Waals surface area (Å²) in [6, 6.07) is -0.422. The summed E-state index contributed by atoms with van der Waals surface area (Å²) in [6.07, 6.45) is 7.51. The predicted molar refractivity (Wildman–Crippen MR) is 89.5 cm³/mol. The largest absolute Gasteiger partial charge is 0.383 e. The standard InChI is InChI=1S/C18H27N3O3/c1-24-3-2-19-17(23)15-7-14(20-21-15)16(22)18-8-11-4-12(9-18)6-13(5-11)10-18/h11-13,15,21H,2-10H2,1H3,(H,19,23). The van der Waals surface area contributed by atoms with Crippen LogP contribution in [-0.4, -0.2) is 43.7 Å². The lowest BCUT2D eigenvalue weighted by atomic mass is 9.48. The highest BCUT2D eigenvalue weighted by molar-refractivity contribution is 6.42. The highest BCUT2D eigenvalue weighted by atomic mass is 16.5. The van der Waals surface area contributed by atoms with Gasteiger partial charge in [-0.15, -0.1) is 0 Å². The van der Waals surface area contributed by atoms with E-state index in [-0.39, 0.29) is 17.1 Å². The lowest BCUT2D eigenvalue weighted by molar-refractivity contribution is -0.136. The highest BCUT2D eigenvalue weighted by Gasteiger charge is 2.55. The molecular formula is C18H27N3O3. The van der Waals surface area contributed by atoms with Gasteiger partial charge in [0, 0.05) is 25.5 Å². The summed E-state index contributed by atoms with van der Waals surface area (Å²) in [5.41, 5.74) is 3.28. The molecule has 4 bridgehead atoms. The van der Waals surface area contributed by atoms with Crippen LogP contribution in [0, 0.1) is 23.2 Å². The number of methoxy groups -OCH3 is 1. The number of rotatable bonds is 6. The molecule has 5 rings (SSSR count). The molecule has 5 aliphatic rings. The zero-order valence-electron chi connectivity index (χ0n) is 14.3. The Morgan fingerprint density at radius 2 is 1.83 bits per heavy atom. The minimum atomic E-state index is -0.422. The van der Waals surface area contributed by atoms with Crippen LogP contribution < -0.4 is 10.7 Å². The topological polar surface area (TPSA) is 79.8 Å². The van der Waals surface area contributed by atoms with E-state index in [0.717, 1.165) is 37.0 Å². The molecule has 1 heterocycles. The highest BCUT2D eigenvalue weighted by Crippen LogP contribution is 2.60. The zero-order valence-corrected chi connectivity index (χ0v) is 14.3. The fourth-order valence-electron chi connectivity index (χ4n) is 5.83. The molecule has 1 aliphatic heterocycles. The summed E-state index contributed by atoms with van der Waals surface area (Å²) in [5.74, 6) is 2.33. The Bertz CT molecular complexity index is 537. The van der Waals surface area contributed by atoms with E-state index in [1.165, 1.54) is 19.3 Å². The Kier molecular flexibility index (Phi) is 4.11. The van der Waals surface area contributed by atoms with Crippen molar-refractivity contribution in [1.82, 2.24) is 10.7 Å². The summed E-state index contributed by atoms with van der Waals surface area (Å²) < 4.78 is 4.93. The van der Waals surface area contributed by atoms with Crippen LogP contribution in [0.3, 0.4) is 0 Å². The smallest absolute Gasteiger partial charge is 0.244 e. The molecule has 6 nitrogen and oxygen atoms in total. The number of carbonyl (C=O) groups is 2. The molecule has 0 aromatic heterocycles. The molecule has 2 N–H and O–H groups in total. The average Bonchev–Trinajstić information content (AvgIpc) is 3.03. The van der Waals surface area contributed by atoms with Crippen LogP contribution in [0.2, 0.25) is 0 Å². The van der Waals surface area contributed by atoms with E-state index < -0.39 is 6.04 Å². The molecule has 132 valence electrons. The molecule has 0 radical (unpaired) electrons. The summed E-state index contributed by atoms with van der Waals surface area (Å²) in [5, 5.41) is 7.06. The SMILES string of the molecule is COCCNC(=O)C1CC(C(=O)C23CC4CC(CC(C4)C2)C3)=NN1. The van der Waals surface area contributed by atoms with Crippen molar-refractivity contribution in [3.63, 3.8) is 0 Å². The first-order chi connectivity index (χ1) is 11.6. The van der Waals surface area contributed by atoms with Crippen molar-refractivity contribution >= 4 is 17.4 Å². The van der Waals surface area contributed by atoms with E-state index in [0.29, 0.717) is 25.3 Å². The van der Waals surface area contributed by atoms with E-state index in [9.17, 15) is 9.59 Å². The minimum absolute atomic E-state index is 0.107. The molecule has 4 saturated carbocycles. The van der Waals surface area contributed by atoms with Crippen molar-refractivity contribution in [3.05, 3.63) is 0 Å². The van der Waals surface area contributed by atoms with Crippen molar-refractivity contribution in [3.8, 4) is 0 Å². The number of ketones is 1. The third kappa shape index (κ3) is 2.75. The van der Waals surface area contributed by atoms with Gasteiger partial charge in [0.25, 0.3) is 0 Å². The molecule has 24 heavy (non-hydrogen) atoms. The van der Waals surface area contributed by atoms with Crippen LogP contribution in [0.25, 0.3) is 0 Å². The molecule has 0 aromatic carbocycles. The monoisotopic (exact) mass is 333 g/mol. The van der Waals surface area contributed by atoms with Gasteiger partial charge >= 0.3 is 0 Å². The number of hydrogen-bond acceptors (Lipinski definition) is 5. The van der Waals surface area contributed by atoms with Crippen molar-refractivity contribution in [2.24, 2.45) is 28.3 Å². The number of hydrogen-bond donors (Lipinski definition) is 2. The van der Waals surface area contributed by atoms with E-state index in [1.54, 1.807) is 7.11 Å². The number of nitrogens with one attached hydrogen (secondary N) is 2. The molecule has 1 atom stereocenters. The molecule has 0 saturated heterocycles. The number of nitrogens with zero attached hydrogens (tertiary/aromatic N) is 1. The first-order valence-electron chi connectivity index (χ1n) is 9.23. The van der Waals surface area contributed by atoms with Gasteiger partial charge in [-0.25, -0.2) is 0 Å². The lowest BCUT2D eigenvalue weighted by Crippen LogP contribution is -2.52. The fourth-order valence-corrected chi connectivity index (χ4v) is 5.83. The van der Waals surface area contributed by atoms with E-state index in [2.05, 4.69) is 15.8 Å². The van der Waals surface area contributed by atoms with Crippen molar-refractivity contribution in [2.45, 2.75) is 51.0 Å². The van der Waals surface area contributed by atoms with Crippen LogP contribution in [-0.2, 0) is 14.3 Å². The summed E-state index contributed by atoms with van der Waals surface area (Å²) in [6.45, 7) is 0.962. The maximum atomic E-state index is 13.2. The van der Waals surface area contributed by atoms with Gasteiger partial charge in [0.2, 0.25) is 5.91 Å². The number of ether oxygens (including phenoxy) is 1. The second-order valence-electron chi connectivity index (χ2n) is 8.26. The molecule has 0 spiro atoms. The summed E-state index contributed by atoms with van der Waals surface area (Å²) in [7, 11) is 1.60. The van der Waals surface area contributed by atoms with Crippen LogP contribution in [0.4, 0.5) is 0 Å². The van der Waals surface area contributed by atoms with Crippen molar-refractivity contribution in [2.75, 3.05) is 20.3 Å². The maximum Gasteiger partial charge on any atom is 0.244 e. The van der Waals surface area contributed by atoms with Gasteiger partial charge in [-0.05, 0) is 56.3 Å². The molecule has 0 aromatic rings. The molecule has 1 unspecified atom stereocenters. The van der Waals surface area contributed by atoms with Gasteiger partial charge < -0.3 is 10.1 Å². The minimum Gasteiger partial charge on any atom is -0.383 e. The Balaban J connectivity index is 1.38. The molecule has 4 fully saturated rings. The van der Waals surface area contributed by atoms with Crippen molar-refractivity contribution < 1.29 is 14.3 Å². The van der Waals surface area contributed by atoms with Gasteiger partial charge in [-0.1, -0.05) is 0 Å². The Labute approximate surface area is 142 Å². The second-order valence-corrected chi connectivity index (χ2v) is 8.26. The van der Waals surface area contributed by atoms with Gasteiger partial charge in [-0.3, -0.25) is 15.0 Å². The first-order valence-corrected chi connectivity index (χ1v) is 9.23. The van der Waals surface area contributed by atoms with E-state index >= 15 is 0 Å². The Morgan fingerprint density at radius 3 is 2.42 bits per heavy atom. The van der Waals surface area contributed by atoms with Gasteiger partial charge in [0.1, 0.15) is 11.8 Å². The zero-order chi connectivity index (χ0) is 16.7. The van der Waals surface area contributed by atoms with Crippen LogP contribution in [0.15, 0.2) is 5.10 Å². The summed E-state index contributed by atoms with van der Waals surface area (Å²) in [4.78, 5) is 25.3. The van der Waals surface area contributed by atoms with Gasteiger partial charge in [0.05, 0.1) is 6.61 Å². The number of Topliss-reactive ketones (excluding diaryl/α,β-unsaturated/α-hetero) is 1. The molecule has 6 heteroatoms. The first kappa shape index (κ1) is 16.1. The third-order valence-electron chi connectivity index (χ3n) is 6.46. The normalized spacial score (nSPS) is 39.5. The van der Waals surface area contributed by atoms with Crippen LogP contribution in [0.5, 0.6) is 0 Å². The van der Waals surface area contributed by atoms with E-state index in [4.69, 9.17) is 4.74 Å². The fraction of sp³-hybridized carbons (Fsp3) is 0.833. The van der Waals surface area contributed by atoms with E-state index in [1.807, 2.05) is 0 Å². The van der Waals surface area contributed by atoms with Crippen LogP contribution in [0.1, 0.15) is 44.9 Å². The maximum absolute atomic E-state index is 13.2. The quantitative estimate of drug-likeness (QED) is 0.717.